The molecule has 0 saturated carbocycles. The number of hydrogen-bond donors (Lipinski definition) is 1. The van der Waals surface area contributed by atoms with Crippen molar-refractivity contribution in [2.75, 3.05) is 18.9 Å². The summed E-state index contributed by atoms with van der Waals surface area (Å²) in [5.74, 6) is 1.02. The van der Waals surface area contributed by atoms with Gasteiger partial charge in [-0.1, -0.05) is 66.2 Å². The van der Waals surface area contributed by atoms with Gasteiger partial charge in [0.25, 0.3) is 0 Å². The Hall–Kier alpha value is -3.02. The smallest absolute Gasteiger partial charge is 0.338 e. The van der Waals surface area contributed by atoms with Crippen LogP contribution in [0.15, 0.2) is 42.5 Å². The van der Waals surface area contributed by atoms with Crippen molar-refractivity contribution in [1.29, 1.82) is 0 Å². The molecule has 0 fully saturated rings. The number of carbonyl (C=O) groups is 2. The summed E-state index contributed by atoms with van der Waals surface area (Å²) in [5, 5.41) is 0. The molecular formula is C30H43NO5. The quantitative estimate of drug-likeness (QED) is 0.188. The molecule has 0 saturated heterocycles. The monoisotopic (exact) mass is 497 g/mol. The Labute approximate surface area is 216 Å². The lowest BCUT2D eigenvalue weighted by atomic mass is 10.0. The van der Waals surface area contributed by atoms with E-state index in [1.54, 1.807) is 42.5 Å². The molecule has 2 aromatic rings. The van der Waals surface area contributed by atoms with Gasteiger partial charge in [0.2, 0.25) is 0 Å². The molecule has 0 aromatic heterocycles. The van der Waals surface area contributed by atoms with Gasteiger partial charge in [-0.3, -0.25) is 0 Å². The third kappa shape index (κ3) is 9.56. The maximum absolute atomic E-state index is 12.5. The van der Waals surface area contributed by atoms with Crippen LogP contribution >= 0.6 is 0 Å². The molecule has 6 heteroatoms. The van der Waals surface area contributed by atoms with Crippen LogP contribution in [-0.4, -0.2) is 25.2 Å². The van der Waals surface area contributed by atoms with Crippen LogP contribution in [0.25, 0.3) is 0 Å². The van der Waals surface area contributed by atoms with Gasteiger partial charge < -0.3 is 19.9 Å². The zero-order chi connectivity index (χ0) is 26.3. The molecular weight excluding hydrogens is 454 g/mol. The van der Waals surface area contributed by atoms with E-state index in [-0.39, 0.29) is 11.9 Å². The van der Waals surface area contributed by atoms with Gasteiger partial charge >= 0.3 is 11.9 Å². The van der Waals surface area contributed by atoms with E-state index in [1.807, 2.05) is 0 Å². The minimum Gasteiger partial charge on any atom is -0.462 e. The maximum atomic E-state index is 12.5. The predicted octanol–water partition coefficient (Wildman–Crippen LogP) is 7.81. The number of carbonyl (C=O) groups excluding carboxylic acids is 2. The van der Waals surface area contributed by atoms with E-state index in [0.717, 1.165) is 51.4 Å². The third-order valence-corrected chi connectivity index (χ3v) is 6.55. The van der Waals surface area contributed by atoms with Crippen LogP contribution in [0.1, 0.15) is 99.8 Å². The van der Waals surface area contributed by atoms with E-state index in [9.17, 15) is 9.59 Å². The van der Waals surface area contributed by atoms with E-state index in [4.69, 9.17) is 19.9 Å². The largest absolute Gasteiger partial charge is 0.462 e. The highest BCUT2D eigenvalue weighted by Crippen LogP contribution is 2.29. The normalized spacial score (nSPS) is 12.6. The first-order valence-electron chi connectivity index (χ1n) is 13.4. The van der Waals surface area contributed by atoms with Gasteiger partial charge in [-0.2, -0.15) is 0 Å². The van der Waals surface area contributed by atoms with Gasteiger partial charge in [0.15, 0.2) is 0 Å². The summed E-state index contributed by atoms with van der Waals surface area (Å²) in [5.41, 5.74) is 7.35. The van der Waals surface area contributed by atoms with Crippen molar-refractivity contribution < 1.29 is 23.8 Å². The first kappa shape index (κ1) is 29.2. The van der Waals surface area contributed by atoms with Crippen molar-refractivity contribution >= 4 is 17.6 Å². The molecule has 2 aromatic carbocycles. The average molecular weight is 498 g/mol. The summed E-state index contributed by atoms with van der Waals surface area (Å²) < 4.78 is 16.9. The molecule has 0 amide bonds. The Bertz CT molecular complexity index is 941. The van der Waals surface area contributed by atoms with Crippen LogP contribution in [0.2, 0.25) is 0 Å². The fourth-order valence-corrected chi connectivity index (χ4v) is 3.90. The lowest BCUT2D eigenvalue weighted by Gasteiger charge is -2.15. The van der Waals surface area contributed by atoms with Crippen molar-refractivity contribution in [2.24, 2.45) is 11.8 Å². The van der Waals surface area contributed by atoms with Crippen molar-refractivity contribution in [1.82, 2.24) is 0 Å². The van der Waals surface area contributed by atoms with E-state index in [0.29, 0.717) is 53.4 Å². The first-order chi connectivity index (χ1) is 17.4. The molecule has 2 unspecified atom stereocenters. The van der Waals surface area contributed by atoms with E-state index < -0.39 is 0 Å². The van der Waals surface area contributed by atoms with E-state index >= 15 is 0 Å². The van der Waals surface area contributed by atoms with Gasteiger partial charge in [-0.25, -0.2) is 9.59 Å². The number of rotatable bonds is 16. The van der Waals surface area contributed by atoms with Gasteiger partial charge in [0.05, 0.1) is 30.0 Å². The second-order valence-electron chi connectivity index (χ2n) is 9.41. The first-order valence-corrected chi connectivity index (χ1v) is 13.4. The third-order valence-electron chi connectivity index (χ3n) is 6.55. The number of esters is 2. The van der Waals surface area contributed by atoms with Gasteiger partial charge in [0.1, 0.15) is 11.5 Å². The number of hydrogen-bond acceptors (Lipinski definition) is 6. The topological polar surface area (TPSA) is 87.8 Å². The standard InChI is InChI=1S/C30H43NO5/c1-5-9-11-22(7-3)20-34-29(32)24-13-16-26(17-14-24)36-28-18-15-25(19-27(28)31)30(33)35-21-23(8-4)12-10-6-2/h13-19,22-23H,5-12,20-21,31H2,1-4H3. The molecule has 0 aliphatic rings. The fourth-order valence-electron chi connectivity index (χ4n) is 3.90. The second kappa shape index (κ2) is 15.9. The van der Waals surface area contributed by atoms with Crippen molar-refractivity contribution in [2.45, 2.75) is 79.1 Å². The number of ether oxygens (including phenoxy) is 3. The Morgan fingerprint density at radius 1 is 0.750 bits per heavy atom. The highest BCUT2D eigenvalue weighted by Gasteiger charge is 2.15. The summed E-state index contributed by atoms with van der Waals surface area (Å²) in [6.07, 6.45) is 8.66. The number of benzene rings is 2. The molecule has 198 valence electrons. The maximum Gasteiger partial charge on any atom is 0.338 e. The molecule has 0 aliphatic heterocycles. The highest BCUT2D eigenvalue weighted by molar-refractivity contribution is 5.91. The second-order valence-corrected chi connectivity index (χ2v) is 9.41. The average Bonchev–Trinajstić information content (AvgIpc) is 2.90. The van der Waals surface area contributed by atoms with Crippen LogP contribution in [0, 0.1) is 11.8 Å². The Balaban J connectivity index is 1.91. The van der Waals surface area contributed by atoms with Gasteiger partial charge in [-0.15, -0.1) is 0 Å². The summed E-state index contributed by atoms with van der Waals surface area (Å²) in [4.78, 5) is 24.9. The Kier molecular flexibility index (Phi) is 12.9. The van der Waals surface area contributed by atoms with E-state index in [1.165, 1.54) is 0 Å². The Morgan fingerprint density at radius 3 is 1.72 bits per heavy atom. The van der Waals surface area contributed by atoms with Crippen LogP contribution in [-0.2, 0) is 9.47 Å². The summed E-state index contributed by atoms with van der Waals surface area (Å²) >= 11 is 0. The Morgan fingerprint density at radius 2 is 1.25 bits per heavy atom. The zero-order valence-corrected chi connectivity index (χ0v) is 22.4. The molecule has 36 heavy (non-hydrogen) atoms. The van der Waals surface area contributed by atoms with E-state index in [2.05, 4.69) is 27.7 Å². The van der Waals surface area contributed by atoms with Crippen molar-refractivity contribution in [3.8, 4) is 11.5 Å². The minimum atomic E-state index is -0.383. The molecule has 2 rings (SSSR count). The number of nitrogens with two attached hydrogens (primary N) is 1. The number of nitrogen functional groups attached to an aromatic ring is 1. The van der Waals surface area contributed by atoms with Crippen molar-refractivity contribution in [3.05, 3.63) is 53.6 Å². The molecule has 0 heterocycles. The van der Waals surface area contributed by atoms with Crippen LogP contribution in [0.4, 0.5) is 5.69 Å². The van der Waals surface area contributed by atoms with Gasteiger partial charge in [0, 0.05) is 0 Å². The molecule has 0 aliphatic carbocycles. The SMILES string of the molecule is CCCCC(CC)COC(=O)c1ccc(Oc2ccc(C(=O)OCC(CC)CCCC)cc2N)cc1. The molecule has 0 radical (unpaired) electrons. The van der Waals surface area contributed by atoms with Crippen LogP contribution < -0.4 is 10.5 Å². The molecule has 0 spiro atoms. The zero-order valence-electron chi connectivity index (χ0n) is 22.4. The fraction of sp³-hybridized carbons (Fsp3) is 0.533. The van der Waals surface area contributed by atoms with Crippen LogP contribution in [0.3, 0.4) is 0 Å². The summed E-state index contributed by atoms with van der Waals surface area (Å²) in [6, 6.07) is 11.6. The lowest BCUT2D eigenvalue weighted by molar-refractivity contribution is 0.0419. The molecule has 2 atom stereocenters. The van der Waals surface area contributed by atoms with Crippen molar-refractivity contribution in [3.63, 3.8) is 0 Å². The highest BCUT2D eigenvalue weighted by atomic mass is 16.5. The number of unbranched alkanes of at least 4 members (excludes halogenated alkanes) is 2. The summed E-state index contributed by atoms with van der Waals surface area (Å²) in [7, 11) is 0. The number of anilines is 1. The molecule has 6 nitrogen and oxygen atoms in total. The lowest BCUT2D eigenvalue weighted by Crippen LogP contribution is -2.14. The van der Waals surface area contributed by atoms with Crippen LogP contribution in [0.5, 0.6) is 11.5 Å². The molecule has 0 bridgehead atoms. The molecule has 2 N–H and O–H groups in total. The minimum absolute atomic E-state index is 0.334. The predicted molar refractivity (Wildman–Crippen MR) is 145 cm³/mol. The van der Waals surface area contributed by atoms with Gasteiger partial charge in [-0.05, 0) is 67.1 Å². The summed E-state index contributed by atoms with van der Waals surface area (Å²) in [6.45, 7) is 9.42.